The van der Waals surface area contributed by atoms with Gasteiger partial charge in [0.2, 0.25) is 11.8 Å². The second kappa shape index (κ2) is 7.63. The molecule has 1 aromatic heterocycles. The van der Waals surface area contributed by atoms with Gasteiger partial charge in [0.05, 0.1) is 6.10 Å². The molecule has 24 heavy (non-hydrogen) atoms. The van der Waals surface area contributed by atoms with E-state index in [4.69, 9.17) is 9.26 Å². The molecule has 0 atom stereocenters. The van der Waals surface area contributed by atoms with Gasteiger partial charge in [0.1, 0.15) is 18.1 Å². The number of nitrogens with one attached hydrogen (secondary N) is 1. The molecule has 0 unspecified atom stereocenters. The standard InChI is InChI=1S/C17H21N3O4/c1-11(2)23-15-7-5-14(6-8-15)18-17(22)10-20(13(4)21)16-9-12(3)24-19-16/h5-9,11H,10H2,1-4H3,(H,18,22). The van der Waals surface area contributed by atoms with Gasteiger partial charge in [0.25, 0.3) is 0 Å². The number of anilines is 2. The smallest absolute Gasteiger partial charge is 0.244 e. The minimum absolute atomic E-state index is 0.0838. The monoisotopic (exact) mass is 331 g/mol. The third-order valence-electron chi connectivity index (χ3n) is 3.08. The van der Waals surface area contributed by atoms with Gasteiger partial charge in [0, 0.05) is 18.7 Å². The average molecular weight is 331 g/mol. The molecule has 128 valence electrons. The first kappa shape index (κ1) is 17.5. The molecule has 0 aliphatic heterocycles. The Morgan fingerprint density at radius 2 is 1.96 bits per heavy atom. The van der Waals surface area contributed by atoms with Crippen molar-refractivity contribution < 1.29 is 18.8 Å². The zero-order valence-corrected chi connectivity index (χ0v) is 14.2. The SMILES string of the molecule is CC(=O)N(CC(=O)Nc1ccc(OC(C)C)cc1)c1cc(C)on1. The van der Waals surface area contributed by atoms with Crippen LogP contribution in [-0.4, -0.2) is 29.6 Å². The van der Waals surface area contributed by atoms with E-state index >= 15 is 0 Å². The fourth-order valence-electron chi connectivity index (χ4n) is 2.07. The Kier molecular flexibility index (Phi) is 5.57. The summed E-state index contributed by atoms with van der Waals surface area (Å²) in [6, 6.07) is 8.65. The van der Waals surface area contributed by atoms with E-state index in [0.29, 0.717) is 17.3 Å². The summed E-state index contributed by atoms with van der Waals surface area (Å²) in [6.45, 7) is 6.83. The number of carbonyl (C=O) groups is 2. The second-order valence-corrected chi connectivity index (χ2v) is 5.64. The van der Waals surface area contributed by atoms with E-state index in [0.717, 1.165) is 5.75 Å². The van der Waals surface area contributed by atoms with Crippen LogP contribution in [0.5, 0.6) is 5.75 Å². The van der Waals surface area contributed by atoms with E-state index in [1.807, 2.05) is 13.8 Å². The highest BCUT2D eigenvalue weighted by molar-refractivity contribution is 6.01. The fourth-order valence-corrected chi connectivity index (χ4v) is 2.07. The lowest BCUT2D eigenvalue weighted by molar-refractivity contribution is -0.120. The van der Waals surface area contributed by atoms with Crippen LogP contribution < -0.4 is 15.0 Å². The van der Waals surface area contributed by atoms with E-state index < -0.39 is 0 Å². The van der Waals surface area contributed by atoms with Crippen molar-refractivity contribution in [3.63, 3.8) is 0 Å². The first-order chi connectivity index (χ1) is 11.3. The molecule has 0 saturated heterocycles. The summed E-state index contributed by atoms with van der Waals surface area (Å²) in [5, 5.41) is 6.51. The minimum atomic E-state index is -0.330. The van der Waals surface area contributed by atoms with Gasteiger partial charge in [-0.1, -0.05) is 5.16 Å². The van der Waals surface area contributed by atoms with Crippen molar-refractivity contribution in [3.05, 3.63) is 36.1 Å². The molecule has 2 aromatic rings. The Balaban J connectivity index is 1.99. The van der Waals surface area contributed by atoms with Crippen LogP contribution in [0.2, 0.25) is 0 Å². The van der Waals surface area contributed by atoms with Crippen LogP contribution in [0.3, 0.4) is 0 Å². The number of rotatable bonds is 6. The number of benzene rings is 1. The molecule has 0 spiro atoms. The molecule has 0 radical (unpaired) electrons. The van der Waals surface area contributed by atoms with Gasteiger partial charge >= 0.3 is 0 Å². The van der Waals surface area contributed by atoms with Gasteiger partial charge < -0.3 is 14.6 Å². The van der Waals surface area contributed by atoms with Crippen LogP contribution in [0.15, 0.2) is 34.9 Å². The van der Waals surface area contributed by atoms with Crippen LogP contribution in [0.25, 0.3) is 0 Å². The predicted molar refractivity (Wildman–Crippen MR) is 90.1 cm³/mol. The maximum absolute atomic E-state index is 12.2. The average Bonchev–Trinajstić information content (AvgIpc) is 2.92. The second-order valence-electron chi connectivity index (χ2n) is 5.64. The molecule has 0 fully saturated rings. The third-order valence-corrected chi connectivity index (χ3v) is 3.08. The molecule has 1 N–H and O–H groups in total. The van der Waals surface area contributed by atoms with E-state index in [1.165, 1.54) is 11.8 Å². The minimum Gasteiger partial charge on any atom is -0.491 e. The first-order valence-corrected chi connectivity index (χ1v) is 7.63. The summed E-state index contributed by atoms with van der Waals surface area (Å²) in [6.07, 6.45) is 0.0838. The number of nitrogens with zero attached hydrogens (tertiary/aromatic N) is 2. The number of amides is 2. The third kappa shape index (κ3) is 4.84. The molecule has 2 amide bonds. The molecule has 0 aliphatic rings. The van der Waals surface area contributed by atoms with Crippen molar-refractivity contribution in [2.75, 3.05) is 16.8 Å². The molecule has 7 heteroatoms. The summed E-state index contributed by atoms with van der Waals surface area (Å²) < 4.78 is 10.5. The Hall–Kier alpha value is -2.83. The molecule has 1 aromatic carbocycles. The van der Waals surface area contributed by atoms with Crippen molar-refractivity contribution in [3.8, 4) is 5.75 Å². The van der Waals surface area contributed by atoms with Crippen molar-refractivity contribution >= 4 is 23.3 Å². The molecule has 1 heterocycles. The molecule has 0 saturated carbocycles. The van der Waals surface area contributed by atoms with Crippen LogP contribution in [0.4, 0.5) is 11.5 Å². The Bertz CT molecular complexity index is 707. The number of carbonyl (C=O) groups excluding carboxylic acids is 2. The largest absolute Gasteiger partial charge is 0.491 e. The highest BCUT2D eigenvalue weighted by atomic mass is 16.5. The van der Waals surface area contributed by atoms with Crippen LogP contribution in [0, 0.1) is 6.92 Å². The zero-order chi connectivity index (χ0) is 17.7. The maximum Gasteiger partial charge on any atom is 0.244 e. The number of hydrogen-bond acceptors (Lipinski definition) is 5. The normalized spacial score (nSPS) is 10.5. The van der Waals surface area contributed by atoms with E-state index in [-0.39, 0.29) is 24.5 Å². The Labute approximate surface area is 140 Å². The number of aromatic nitrogens is 1. The number of aryl methyl sites for hydroxylation is 1. The van der Waals surface area contributed by atoms with Crippen LogP contribution in [-0.2, 0) is 9.59 Å². The summed E-state index contributed by atoms with van der Waals surface area (Å²) in [4.78, 5) is 25.2. The molecule has 0 bridgehead atoms. The lowest BCUT2D eigenvalue weighted by atomic mass is 10.3. The summed E-state index contributed by atoms with van der Waals surface area (Å²) in [5.41, 5.74) is 0.621. The van der Waals surface area contributed by atoms with Gasteiger partial charge in [-0.05, 0) is 45.0 Å². The lowest BCUT2D eigenvalue weighted by Gasteiger charge is -2.17. The molecule has 7 nitrogen and oxygen atoms in total. The highest BCUT2D eigenvalue weighted by Gasteiger charge is 2.19. The first-order valence-electron chi connectivity index (χ1n) is 7.63. The van der Waals surface area contributed by atoms with Gasteiger partial charge in [-0.25, -0.2) is 0 Å². The van der Waals surface area contributed by atoms with Gasteiger partial charge in [0.15, 0.2) is 5.82 Å². The summed E-state index contributed by atoms with van der Waals surface area (Å²) in [7, 11) is 0. The van der Waals surface area contributed by atoms with Gasteiger partial charge in [-0.15, -0.1) is 0 Å². The molecule has 0 aliphatic carbocycles. The Morgan fingerprint density at radius 1 is 1.29 bits per heavy atom. The molecular formula is C17H21N3O4. The topological polar surface area (TPSA) is 84.7 Å². The quantitative estimate of drug-likeness (QED) is 0.880. The number of ether oxygens (including phenoxy) is 1. The molecular weight excluding hydrogens is 310 g/mol. The fraction of sp³-hybridized carbons (Fsp3) is 0.353. The van der Waals surface area contributed by atoms with Gasteiger partial charge in [-0.3, -0.25) is 14.5 Å². The van der Waals surface area contributed by atoms with Crippen molar-refractivity contribution in [2.45, 2.75) is 33.8 Å². The number of hydrogen-bond donors (Lipinski definition) is 1. The summed E-state index contributed by atoms with van der Waals surface area (Å²) >= 11 is 0. The van der Waals surface area contributed by atoms with Crippen molar-refractivity contribution in [1.29, 1.82) is 0 Å². The van der Waals surface area contributed by atoms with Gasteiger partial charge in [-0.2, -0.15) is 0 Å². The van der Waals surface area contributed by atoms with E-state index in [9.17, 15) is 9.59 Å². The maximum atomic E-state index is 12.2. The summed E-state index contributed by atoms with van der Waals surface area (Å²) in [5.74, 6) is 0.988. The van der Waals surface area contributed by atoms with Crippen LogP contribution >= 0.6 is 0 Å². The van der Waals surface area contributed by atoms with E-state index in [1.54, 1.807) is 37.3 Å². The zero-order valence-electron chi connectivity index (χ0n) is 14.2. The van der Waals surface area contributed by atoms with E-state index in [2.05, 4.69) is 10.5 Å². The predicted octanol–water partition coefficient (Wildman–Crippen LogP) is 2.76. The lowest BCUT2D eigenvalue weighted by Crippen LogP contribution is -2.36. The van der Waals surface area contributed by atoms with Crippen molar-refractivity contribution in [1.82, 2.24) is 5.16 Å². The Morgan fingerprint density at radius 3 is 2.46 bits per heavy atom. The van der Waals surface area contributed by atoms with Crippen LogP contribution in [0.1, 0.15) is 26.5 Å². The highest BCUT2D eigenvalue weighted by Crippen LogP contribution is 2.18. The van der Waals surface area contributed by atoms with Crippen molar-refractivity contribution in [2.24, 2.45) is 0 Å². The molecule has 2 rings (SSSR count).